The molecule has 22 heavy (non-hydrogen) atoms. The van der Waals surface area contributed by atoms with Crippen LogP contribution in [0.15, 0.2) is 18.5 Å². The Morgan fingerprint density at radius 2 is 2.05 bits per heavy atom. The molecule has 0 unspecified atom stereocenters. The Labute approximate surface area is 129 Å². The van der Waals surface area contributed by atoms with Gasteiger partial charge in [0, 0.05) is 45.1 Å². The number of aromatic amines is 1. The number of aromatic nitrogens is 3. The number of nitrogens with zero attached hydrogens (tertiary/aromatic N) is 4. The average Bonchev–Trinajstić information content (AvgIpc) is 3.08. The van der Waals surface area contributed by atoms with Crippen molar-refractivity contribution in [2.45, 2.75) is 19.1 Å². The Hall–Kier alpha value is -1.61. The van der Waals surface area contributed by atoms with E-state index in [1.807, 2.05) is 23.4 Å². The van der Waals surface area contributed by atoms with E-state index in [2.05, 4.69) is 20.1 Å². The van der Waals surface area contributed by atoms with Crippen LogP contribution in [-0.2, 0) is 12.7 Å². The van der Waals surface area contributed by atoms with Crippen molar-refractivity contribution in [2.75, 3.05) is 31.1 Å². The van der Waals surface area contributed by atoms with Gasteiger partial charge in [-0.1, -0.05) is 11.3 Å². The Kier molecular flexibility index (Phi) is 4.34. The highest BCUT2D eigenvalue weighted by atomic mass is 32.1. The van der Waals surface area contributed by atoms with Crippen LogP contribution in [0.2, 0.25) is 0 Å². The van der Waals surface area contributed by atoms with Gasteiger partial charge in [0.2, 0.25) is 10.1 Å². The molecule has 2 aromatic rings. The maximum atomic E-state index is 12.6. The van der Waals surface area contributed by atoms with Gasteiger partial charge in [-0.2, -0.15) is 13.2 Å². The molecule has 9 heteroatoms. The number of anilines is 1. The maximum absolute atomic E-state index is 12.6. The molecule has 1 saturated heterocycles. The molecule has 0 spiro atoms. The van der Waals surface area contributed by atoms with Crippen LogP contribution in [0.5, 0.6) is 0 Å². The van der Waals surface area contributed by atoms with Crippen molar-refractivity contribution >= 4 is 16.5 Å². The maximum Gasteiger partial charge on any atom is 0.445 e. The largest absolute Gasteiger partial charge is 0.445 e. The smallest absolute Gasteiger partial charge is 0.367 e. The van der Waals surface area contributed by atoms with Gasteiger partial charge in [0.1, 0.15) is 0 Å². The van der Waals surface area contributed by atoms with Crippen molar-refractivity contribution in [2.24, 2.45) is 0 Å². The third-order valence-electron chi connectivity index (χ3n) is 3.58. The standard InChI is InChI=1S/C13H16F3N5S/c14-13(15,16)11-18-19-12(22-11)21-5-1-4-20(6-7-21)9-10-2-3-17-8-10/h2-3,8,17H,1,4-7,9H2. The highest BCUT2D eigenvalue weighted by Gasteiger charge is 2.36. The van der Waals surface area contributed by atoms with Crippen LogP contribution in [0, 0.1) is 0 Å². The summed E-state index contributed by atoms with van der Waals surface area (Å²) in [7, 11) is 0. The summed E-state index contributed by atoms with van der Waals surface area (Å²) in [4.78, 5) is 7.22. The lowest BCUT2D eigenvalue weighted by Crippen LogP contribution is -2.30. The zero-order valence-corrected chi connectivity index (χ0v) is 12.6. The molecule has 1 aliphatic rings. The molecule has 120 valence electrons. The van der Waals surface area contributed by atoms with Gasteiger partial charge >= 0.3 is 6.18 Å². The van der Waals surface area contributed by atoms with Crippen LogP contribution in [-0.4, -0.2) is 46.3 Å². The number of rotatable bonds is 3. The molecule has 0 amide bonds. The zero-order valence-electron chi connectivity index (χ0n) is 11.8. The Morgan fingerprint density at radius 3 is 2.73 bits per heavy atom. The number of hydrogen-bond donors (Lipinski definition) is 1. The van der Waals surface area contributed by atoms with E-state index >= 15 is 0 Å². The minimum absolute atomic E-state index is 0.357. The molecule has 1 fully saturated rings. The summed E-state index contributed by atoms with van der Waals surface area (Å²) in [5.74, 6) is 0. The zero-order chi connectivity index (χ0) is 15.6. The van der Waals surface area contributed by atoms with Gasteiger partial charge < -0.3 is 9.88 Å². The van der Waals surface area contributed by atoms with Crippen molar-refractivity contribution in [3.63, 3.8) is 0 Å². The van der Waals surface area contributed by atoms with Crippen LogP contribution in [0.25, 0.3) is 0 Å². The number of hydrogen-bond acceptors (Lipinski definition) is 5. The van der Waals surface area contributed by atoms with E-state index in [1.54, 1.807) is 0 Å². The van der Waals surface area contributed by atoms with Crippen molar-refractivity contribution in [1.82, 2.24) is 20.1 Å². The fraction of sp³-hybridized carbons (Fsp3) is 0.538. The topological polar surface area (TPSA) is 48.1 Å². The van der Waals surface area contributed by atoms with Gasteiger partial charge in [0.25, 0.3) is 0 Å². The van der Waals surface area contributed by atoms with Crippen LogP contribution < -0.4 is 4.90 Å². The number of halogens is 3. The van der Waals surface area contributed by atoms with Crippen molar-refractivity contribution in [3.8, 4) is 0 Å². The average molecular weight is 331 g/mol. The minimum atomic E-state index is -4.41. The molecule has 0 saturated carbocycles. The number of H-pyrrole nitrogens is 1. The summed E-state index contributed by atoms with van der Waals surface area (Å²) in [6.07, 6.45) is 0.329. The molecule has 3 rings (SSSR count). The van der Waals surface area contributed by atoms with E-state index in [0.717, 1.165) is 26.1 Å². The molecule has 5 nitrogen and oxygen atoms in total. The van der Waals surface area contributed by atoms with Crippen molar-refractivity contribution in [1.29, 1.82) is 0 Å². The van der Waals surface area contributed by atoms with Gasteiger partial charge in [0.05, 0.1) is 0 Å². The van der Waals surface area contributed by atoms with E-state index in [4.69, 9.17) is 0 Å². The van der Waals surface area contributed by atoms with E-state index in [0.29, 0.717) is 29.6 Å². The van der Waals surface area contributed by atoms with Crippen LogP contribution >= 0.6 is 11.3 Å². The number of alkyl halides is 3. The summed E-state index contributed by atoms with van der Waals surface area (Å²) in [5.41, 5.74) is 1.21. The highest BCUT2D eigenvalue weighted by molar-refractivity contribution is 7.15. The monoisotopic (exact) mass is 331 g/mol. The first-order valence-corrected chi connectivity index (χ1v) is 7.84. The molecular weight excluding hydrogens is 315 g/mol. The molecule has 0 radical (unpaired) electrons. The predicted octanol–water partition coefficient (Wildman–Crippen LogP) is 2.60. The van der Waals surface area contributed by atoms with Crippen molar-refractivity contribution in [3.05, 3.63) is 29.0 Å². The number of nitrogens with one attached hydrogen (secondary N) is 1. The van der Waals surface area contributed by atoms with Crippen molar-refractivity contribution < 1.29 is 13.2 Å². The van der Waals surface area contributed by atoms with Gasteiger partial charge in [-0.3, -0.25) is 4.90 Å². The summed E-state index contributed by atoms with van der Waals surface area (Å²) in [6, 6.07) is 2.03. The summed E-state index contributed by atoms with van der Waals surface area (Å²) >= 11 is 0.617. The second kappa shape index (κ2) is 6.25. The fourth-order valence-corrected chi connectivity index (χ4v) is 3.26. The van der Waals surface area contributed by atoms with Gasteiger partial charge in [-0.05, 0) is 18.1 Å². The lowest BCUT2D eigenvalue weighted by Gasteiger charge is -2.20. The SMILES string of the molecule is FC(F)(F)c1nnc(N2CCCN(Cc3cc[nH]c3)CC2)s1. The second-order valence-electron chi connectivity index (χ2n) is 5.22. The van der Waals surface area contributed by atoms with E-state index in [1.165, 1.54) is 5.56 Å². The van der Waals surface area contributed by atoms with Crippen LogP contribution in [0.4, 0.5) is 18.3 Å². The van der Waals surface area contributed by atoms with Gasteiger partial charge in [-0.25, -0.2) is 0 Å². The normalized spacial score (nSPS) is 17.7. The Morgan fingerprint density at radius 1 is 1.18 bits per heavy atom. The second-order valence-corrected chi connectivity index (χ2v) is 6.18. The molecule has 2 aromatic heterocycles. The minimum Gasteiger partial charge on any atom is -0.367 e. The quantitative estimate of drug-likeness (QED) is 0.939. The Balaban J connectivity index is 1.61. The van der Waals surface area contributed by atoms with Gasteiger partial charge in [-0.15, -0.1) is 10.2 Å². The molecular formula is C13H16F3N5S. The molecule has 0 bridgehead atoms. The van der Waals surface area contributed by atoms with E-state index in [9.17, 15) is 13.2 Å². The van der Waals surface area contributed by atoms with Crippen LogP contribution in [0.3, 0.4) is 0 Å². The predicted molar refractivity (Wildman–Crippen MR) is 77.8 cm³/mol. The first-order valence-electron chi connectivity index (χ1n) is 7.02. The first-order chi connectivity index (χ1) is 10.5. The highest BCUT2D eigenvalue weighted by Crippen LogP contribution is 2.34. The summed E-state index contributed by atoms with van der Waals surface area (Å²) in [5, 5.41) is 6.44. The molecule has 0 aromatic carbocycles. The third-order valence-corrected chi connectivity index (χ3v) is 4.61. The Bertz CT molecular complexity index is 595. The van der Waals surface area contributed by atoms with Crippen LogP contribution in [0.1, 0.15) is 17.0 Å². The lowest BCUT2D eigenvalue weighted by molar-refractivity contribution is -0.138. The summed E-state index contributed by atoms with van der Waals surface area (Å²) in [6.45, 7) is 3.94. The first kappa shape index (κ1) is 15.3. The molecule has 1 N–H and O–H groups in total. The molecule has 0 atom stereocenters. The fourth-order valence-electron chi connectivity index (χ4n) is 2.49. The van der Waals surface area contributed by atoms with E-state index < -0.39 is 11.2 Å². The summed E-state index contributed by atoms with van der Waals surface area (Å²) < 4.78 is 37.8. The molecule has 3 heterocycles. The van der Waals surface area contributed by atoms with E-state index in [-0.39, 0.29) is 0 Å². The third kappa shape index (κ3) is 3.58. The molecule has 1 aliphatic heterocycles. The lowest BCUT2D eigenvalue weighted by atomic mass is 10.3. The molecule has 0 aliphatic carbocycles. The van der Waals surface area contributed by atoms with Gasteiger partial charge in [0.15, 0.2) is 0 Å².